The topological polar surface area (TPSA) is 29.5 Å². The van der Waals surface area contributed by atoms with Crippen molar-refractivity contribution in [3.8, 4) is 16.9 Å². The van der Waals surface area contributed by atoms with Crippen LogP contribution in [0, 0.1) is 17.8 Å². The minimum atomic E-state index is -0.0598. The van der Waals surface area contributed by atoms with Gasteiger partial charge < -0.3 is 4.74 Å². The van der Waals surface area contributed by atoms with Gasteiger partial charge in [-0.2, -0.15) is 0 Å². The summed E-state index contributed by atoms with van der Waals surface area (Å²) in [6.07, 6.45) is 8.29. The van der Waals surface area contributed by atoms with Crippen molar-refractivity contribution < 1.29 is 9.53 Å². The number of hydrogen-bond acceptors (Lipinski definition) is 4. The van der Waals surface area contributed by atoms with Crippen LogP contribution >= 0.6 is 24.0 Å². The first-order valence-electron chi connectivity index (χ1n) is 13.3. The SMILES string of the molecule is COc1ccc(-c2cccc3c(C4C5SC(=S)N4C5=O)cccc23)cc1C12CC3CC(CC(C3)C1)C2. The zero-order chi connectivity index (χ0) is 24.2. The summed E-state index contributed by atoms with van der Waals surface area (Å²) < 4.78 is 6.71. The molecule has 3 aromatic rings. The van der Waals surface area contributed by atoms with E-state index in [4.69, 9.17) is 17.0 Å². The van der Waals surface area contributed by atoms with Gasteiger partial charge in [-0.15, -0.1) is 0 Å². The lowest BCUT2D eigenvalue weighted by atomic mass is 9.48. The van der Waals surface area contributed by atoms with Gasteiger partial charge in [0.25, 0.3) is 0 Å². The Hall–Kier alpha value is -2.37. The van der Waals surface area contributed by atoms with E-state index in [2.05, 4.69) is 54.6 Å². The highest BCUT2D eigenvalue weighted by atomic mass is 32.2. The molecule has 4 aliphatic carbocycles. The van der Waals surface area contributed by atoms with E-state index in [0.717, 1.165) is 27.8 Å². The zero-order valence-corrected chi connectivity index (χ0v) is 22.0. The zero-order valence-electron chi connectivity index (χ0n) is 20.4. The number of fused-ring (bicyclic) bond motifs is 2. The van der Waals surface area contributed by atoms with Crippen molar-refractivity contribution in [1.29, 1.82) is 0 Å². The molecule has 2 atom stereocenters. The lowest BCUT2D eigenvalue weighted by Crippen LogP contribution is -2.50. The Balaban J connectivity index is 1.25. The Morgan fingerprint density at radius 3 is 2.28 bits per heavy atom. The Morgan fingerprint density at radius 2 is 1.64 bits per heavy atom. The molecule has 0 radical (unpaired) electrons. The molecular weight excluding hydrogens is 482 g/mol. The monoisotopic (exact) mass is 511 g/mol. The van der Waals surface area contributed by atoms with Crippen molar-refractivity contribution in [2.45, 2.75) is 55.2 Å². The van der Waals surface area contributed by atoms with Gasteiger partial charge in [0.05, 0.1) is 13.2 Å². The van der Waals surface area contributed by atoms with Crippen LogP contribution in [0.3, 0.4) is 0 Å². The summed E-state index contributed by atoms with van der Waals surface area (Å²) in [5.74, 6) is 3.90. The van der Waals surface area contributed by atoms with Gasteiger partial charge in [0.1, 0.15) is 15.3 Å². The van der Waals surface area contributed by atoms with Gasteiger partial charge in [0.2, 0.25) is 5.91 Å². The standard InChI is InChI=1S/C31H29NO2S2/c1-34-26-9-8-20(13-25(26)31-14-17-10-18(15-31)12-19(11-17)16-31)21-4-2-6-23-22(21)5-3-7-24(23)27-28-29(33)32(27)30(35)36-28/h2-9,13,17-19,27-28H,10-12,14-16H2,1H3. The number of thioether (sulfide) groups is 1. The maximum Gasteiger partial charge on any atom is 0.244 e. The third-order valence-electron chi connectivity index (χ3n) is 9.86. The molecule has 4 saturated carbocycles. The van der Waals surface area contributed by atoms with Gasteiger partial charge in [-0.1, -0.05) is 66.4 Å². The van der Waals surface area contributed by atoms with Gasteiger partial charge in [-0.25, -0.2) is 0 Å². The van der Waals surface area contributed by atoms with E-state index in [1.54, 1.807) is 11.8 Å². The molecule has 3 nitrogen and oxygen atoms in total. The lowest BCUT2D eigenvalue weighted by Gasteiger charge is -2.57. The number of methoxy groups -OCH3 is 1. The molecular formula is C31H29NO2S2. The van der Waals surface area contributed by atoms with E-state index < -0.39 is 0 Å². The van der Waals surface area contributed by atoms with Crippen molar-refractivity contribution in [3.05, 3.63) is 65.7 Å². The second-order valence-corrected chi connectivity index (χ2v) is 13.6. The number of hydrogen-bond donors (Lipinski definition) is 0. The van der Waals surface area contributed by atoms with Crippen molar-refractivity contribution in [2.24, 2.45) is 17.8 Å². The fraction of sp³-hybridized carbons (Fsp3) is 0.419. The molecule has 3 saturated heterocycles. The molecule has 7 aliphatic rings. The van der Waals surface area contributed by atoms with Crippen LogP contribution in [-0.4, -0.2) is 27.5 Å². The quantitative estimate of drug-likeness (QED) is 0.272. The Morgan fingerprint density at radius 1 is 0.944 bits per heavy atom. The molecule has 5 heteroatoms. The maximum atomic E-state index is 12.4. The van der Waals surface area contributed by atoms with E-state index in [-0.39, 0.29) is 22.6 Å². The highest BCUT2D eigenvalue weighted by Crippen LogP contribution is 2.62. The number of rotatable bonds is 4. The first kappa shape index (κ1) is 21.7. The molecule has 2 unspecified atom stereocenters. The van der Waals surface area contributed by atoms with Crippen molar-refractivity contribution >= 4 is 45.0 Å². The average molecular weight is 512 g/mol. The van der Waals surface area contributed by atoms with Gasteiger partial charge in [0.15, 0.2) is 0 Å². The minimum Gasteiger partial charge on any atom is -0.496 e. The number of β-lactam (4-membered cyclic amide) rings is 1. The summed E-state index contributed by atoms with van der Waals surface area (Å²) in [6.45, 7) is 0. The molecule has 6 bridgehead atoms. The van der Waals surface area contributed by atoms with Gasteiger partial charge in [-0.05, 0) is 101 Å². The summed E-state index contributed by atoms with van der Waals surface area (Å²) in [5, 5.41) is 2.41. The second-order valence-electron chi connectivity index (χ2n) is 11.8. The molecule has 182 valence electrons. The number of carbonyl (C=O) groups is 1. The Labute approximate surface area is 221 Å². The van der Waals surface area contributed by atoms with Crippen LogP contribution < -0.4 is 4.74 Å². The molecule has 7 fully saturated rings. The number of amides is 1. The third-order valence-corrected chi connectivity index (χ3v) is 11.5. The summed E-state index contributed by atoms with van der Waals surface area (Å²) in [7, 11) is 1.83. The highest BCUT2D eigenvalue weighted by molar-refractivity contribution is 8.24. The van der Waals surface area contributed by atoms with E-state index in [1.807, 2.05) is 12.0 Å². The van der Waals surface area contributed by atoms with Crippen LogP contribution in [0.25, 0.3) is 21.9 Å². The van der Waals surface area contributed by atoms with Crippen molar-refractivity contribution in [2.75, 3.05) is 7.11 Å². The van der Waals surface area contributed by atoms with E-state index in [0.29, 0.717) is 0 Å². The summed E-state index contributed by atoms with van der Waals surface area (Å²) in [6, 6.07) is 20.1. The van der Waals surface area contributed by atoms with Gasteiger partial charge in [-0.3, -0.25) is 9.69 Å². The predicted molar refractivity (Wildman–Crippen MR) is 149 cm³/mol. The second kappa shape index (κ2) is 7.58. The fourth-order valence-electron chi connectivity index (χ4n) is 8.82. The highest BCUT2D eigenvalue weighted by Gasteiger charge is 2.58. The molecule has 1 amide bonds. The lowest BCUT2D eigenvalue weighted by molar-refractivity contribution is -0.136. The molecule has 0 N–H and O–H groups in total. The summed E-state index contributed by atoms with van der Waals surface area (Å²) >= 11 is 7.01. The third kappa shape index (κ3) is 2.87. The Kier molecular flexibility index (Phi) is 4.57. The minimum absolute atomic E-state index is 0.0598. The predicted octanol–water partition coefficient (Wildman–Crippen LogP) is 7.27. The average Bonchev–Trinajstić information content (AvgIpc) is 3.39. The number of ether oxygens (including phenoxy) is 1. The molecule has 36 heavy (non-hydrogen) atoms. The summed E-state index contributed by atoms with van der Waals surface area (Å²) in [5.41, 5.74) is 5.44. The van der Waals surface area contributed by atoms with E-state index in [9.17, 15) is 4.79 Å². The molecule has 0 spiro atoms. The maximum absolute atomic E-state index is 12.4. The normalized spacial score (nSPS) is 33.9. The molecule has 3 aromatic carbocycles. The first-order chi connectivity index (χ1) is 17.5. The van der Waals surface area contributed by atoms with Gasteiger partial charge >= 0.3 is 0 Å². The number of thiocarbonyl (C=S) groups is 1. The molecule has 3 heterocycles. The van der Waals surface area contributed by atoms with Gasteiger partial charge in [0, 0.05) is 5.56 Å². The van der Waals surface area contributed by atoms with Crippen LogP contribution in [-0.2, 0) is 10.2 Å². The van der Waals surface area contributed by atoms with Crippen LogP contribution in [0.1, 0.15) is 55.7 Å². The Bertz CT molecular complexity index is 1420. The largest absolute Gasteiger partial charge is 0.496 e. The van der Waals surface area contributed by atoms with Crippen LogP contribution in [0.5, 0.6) is 5.75 Å². The number of nitrogens with zero attached hydrogens (tertiary/aromatic N) is 1. The van der Waals surface area contributed by atoms with E-state index in [1.165, 1.54) is 71.6 Å². The number of carbonyl (C=O) groups excluding carboxylic acids is 1. The van der Waals surface area contributed by atoms with Crippen LogP contribution in [0.2, 0.25) is 0 Å². The van der Waals surface area contributed by atoms with Crippen LogP contribution in [0.4, 0.5) is 0 Å². The smallest absolute Gasteiger partial charge is 0.244 e. The number of benzene rings is 3. The van der Waals surface area contributed by atoms with Crippen LogP contribution in [0.15, 0.2) is 54.6 Å². The molecule has 10 rings (SSSR count). The molecule has 0 aromatic heterocycles. The first-order valence-corrected chi connectivity index (χ1v) is 14.6. The van der Waals surface area contributed by atoms with E-state index >= 15 is 0 Å². The summed E-state index contributed by atoms with van der Waals surface area (Å²) in [4.78, 5) is 14.2. The van der Waals surface area contributed by atoms with Crippen molar-refractivity contribution in [1.82, 2.24) is 4.90 Å². The fourth-order valence-corrected chi connectivity index (χ4v) is 10.5. The molecule has 3 aliphatic heterocycles. The van der Waals surface area contributed by atoms with Crippen molar-refractivity contribution in [3.63, 3.8) is 0 Å².